The third kappa shape index (κ3) is 4.75. The van der Waals surface area contributed by atoms with Crippen LogP contribution in [0.3, 0.4) is 0 Å². The molecule has 0 aromatic heterocycles. The Morgan fingerprint density at radius 2 is 1.70 bits per heavy atom. The Labute approximate surface area is 128 Å². The zero-order valence-corrected chi connectivity index (χ0v) is 12.9. The Balaban J connectivity index is 1.82. The van der Waals surface area contributed by atoms with Crippen molar-refractivity contribution in [2.24, 2.45) is 5.92 Å². The number of hydrogen-bond acceptors (Lipinski definition) is 2. The average molecular weight is 335 g/mol. The number of hydrogen-bond donors (Lipinski definition) is 1. The van der Waals surface area contributed by atoms with Gasteiger partial charge < -0.3 is 9.84 Å². The number of aliphatic hydroxyl groups is 1. The van der Waals surface area contributed by atoms with Crippen LogP contribution >= 0.6 is 15.9 Å². The molecule has 2 aromatic rings. The molecule has 0 heterocycles. The van der Waals surface area contributed by atoms with Crippen molar-refractivity contribution in [1.82, 2.24) is 0 Å². The third-order valence-electron chi connectivity index (χ3n) is 3.19. The summed E-state index contributed by atoms with van der Waals surface area (Å²) in [7, 11) is 0. The fourth-order valence-electron chi connectivity index (χ4n) is 2.07. The summed E-state index contributed by atoms with van der Waals surface area (Å²) in [6.07, 6.45) is 0.812. The first-order valence-electron chi connectivity index (χ1n) is 6.75. The van der Waals surface area contributed by atoms with Gasteiger partial charge in [-0.2, -0.15) is 0 Å². The molecule has 106 valence electrons. The lowest BCUT2D eigenvalue weighted by atomic mass is 10.0. The highest BCUT2D eigenvalue weighted by Gasteiger charge is 2.11. The molecule has 0 radical (unpaired) electrons. The van der Waals surface area contributed by atoms with Gasteiger partial charge in [0.25, 0.3) is 0 Å². The molecule has 20 heavy (non-hydrogen) atoms. The van der Waals surface area contributed by atoms with Gasteiger partial charge in [-0.3, -0.25) is 0 Å². The minimum Gasteiger partial charge on any atom is -0.396 e. The highest BCUT2D eigenvalue weighted by atomic mass is 79.9. The van der Waals surface area contributed by atoms with Gasteiger partial charge in [0.05, 0.1) is 13.2 Å². The molecule has 0 bridgehead atoms. The molecule has 0 aliphatic carbocycles. The highest BCUT2D eigenvalue weighted by molar-refractivity contribution is 9.10. The Morgan fingerprint density at radius 3 is 2.40 bits per heavy atom. The van der Waals surface area contributed by atoms with E-state index in [-0.39, 0.29) is 12.5 Å². The summed E-state index contributed by atoms with van der Waals surface area (Å²) in [6, 6.07) is 18.2. The van der Waals surface area contributed by atoms with Crippen LogP contribution in [0.15, 0.2) is 59.1 Å². The predicted molar refractivity (Wildman–Crippen MR) is 84.5 cm³/mol. The number of halogens is 1. The number of ether oxygens (including phenoxy) is 1. The maximum absolute atomic E-state index is 9.48. The normalized spacial score (nSPS) is 12.3. The van der Waals surface area contributed by atoms with Crippen LogP contribution in [0.2, 0.25) is 0 Å². The SMILES string of the molecule is OCC(COCc1ccccc1)Cc1ccccc1Br. The third-order valence-corrected chi connectivity index (χ3v) is 3.96. The molecule has 0 spiro atoms. The molecule has 0 fully saturated rings. The Morgan fingerprint density at radius 1 is 1.00 bits per heavy atom. The highest BCUT2D eigenvalue weighted by Crippen LogP contribution is 2.19. The van der Waals surface area contributed by atoms with Crippen LogP contribution in [0, 0.1) is 5.92 Å². The van der Waals surface area contributed by atoms with E-state index >= 15 is 0 Å². The fourth-order valence-corrected chi connectivity index (χ4v) is 2.52. The van der Waals surface area contributed by atoms with Crippen LogP contribution in [0.5, 0.6) is 0 Å². The van der Waals surface area contributed by atoms with E-state index in [0.717, 1.165) is 16.5 Å². The van der Waals surface area contributed by atoms with Crippen molar-refractivity contribution in [2.45, 2.75) is 13.0 Å². The number of rotatable bonds is 7. The summed E-state index contributed by atoms with van der Waals surface area (Å²) >= 11 is 3.54. The van der Waals surface area contributed by atoms with Gasteiger partial charge in [0.2, 0.25) is 0 Å². The molecule has 0 amide bonds. The molecular weight excluding hydrogens is 316 g/mol. The molecule has 2 nitrogen and oxygen atoms in total. The van der Waals surface area contributed by atoms with E-state index in [0.29, 0.717) is 13.2 Å². The summed E-state index contributed by atoms with van der Waals surface area (Å²) in [5, 5.41) is 9.48. The Hall–Kier alpha value is -1.16. The first-order chi connectivity index (χ1) is 9.79. The minimum atomic E-state index is 0.123. The van der Waals surface area contributed by atoms with Crippen LogP contribution in [0.25, 0.3) is 0 Å². The average Bonchev–Trinajstić information content (AvgIpc) is 2.49. The monoisotopic (exact) mass is 334 g/mol. The molecule has 1 atom stereocenters. The number of benzene rings is 2. The van der Waals surface area contributed by atoms with E-state index in [1.165, 1.54) is 5.56 Å². The van der Waals surface area contributed by atoms with Crippen LogP contribution in [0.1, 0.15) is 11.1 Å². The standard InChI is InChI=1S/C17H19BrO2/c18-17-9-5-4-8-16(17)10-15(11-19)13-20-12-14-6-2-1-3-7-14/h1-9,15,19H,10-13H2. The van der Waals surface area contributed by atoms with Crippen molar-refractivity contribution in [3.8, 4) is 0 Å². The number of aliphatic hydroxyl groups excluding tert-OH is 1. The molecule has 2 aromatic carbocycles. The lowest BCUT2D eigenvalue weighted by Crippen LogP contribution is -2.17. The van der Waals surface area contributed by atoms with Crippen molar-refractivity contribution < 1.29 is 9.84 Å². The predicted octanol–water partition coefficient (Wildman–Crippen LogP) is 3.82. The molecule has 3 heteroatoms. The van der Waals surface area contributed by atoms with E-state index in [1.807, 2.05) is 48.5 Å². The summed E-state index contributed by atoms with van der Waals surface area (Å²) in [5.41, 5.74) is 2.36. The lowest BCUT2D eigenvalue weighted by Gasteiger charge is -2.15. The van der Waals surface area contributed by atoms with E-state index in [4.69, 9.17) is 4.74 Å². The second-order valence-electron chi connectivity index (χ2n) is 4.84. The first-order valence-corrected chi connectivity index (χ1v) is 7.55. The summed E-state index contributed by atoms with van der Waals surface area (Å²) in [6.45, 7) is 1.29. The van der Waals surface area contributed by atoms with Crippen LogP contribution in [-0.4, -0.2) is 18.3 Å². The van der Waals surface area contributed by atoms with Gasteiger partial charge in [0, 0.05) is 17.0 Å². The topological polar surface area (TPSA) is 29.5 Å². The zero-order chi connectivity index (χ0) is 14.2. The van der Waals surface area contributed by atoms with Gasteiger partial charge in [-0.25, -0.2) is 0 Å². The largest absolute Gasteiger partial charge is 0.396 e. The molecule has 1 N–H and O–H groups in total. The molecule has 0 saturated carbocycles. The lowest BCUT2D eigenvalue weighted by molar-refractivity contribution is 0.0629. The van der Waals surface area contributed by atoms with E-state index in [9.17, 15) is 5.11 Å². The van der Waals surface area contributed by atoms with E-state index in [1.54, 1.807) is 0 Å². The van der Waals surface area contributed by atoms with Gasteiger partial charge in [-0.05, 0) is 23.6 Å². The van der Waals surface area contributed by atoms with Crippen LogP contribution < -0.4 is 0 Å². The maximum atomic E-state index is 9.48. The van der Waals surface area contributed by atoms with Gasteiger partial charge in [0.15, 0.2) is 0 Å². The van der Waals surface area contributed by atoms with Gasteiger partial charge in [-0.1, -0.05) is 64.5 Å². The summed E-state index contributed by atoms with van der Waals surface area (Å²) < 4.78 is 6.79. The van der Waals surface area contributed by atoms with Gasteiger partial charge in [-0.15, -0.1) is 0 Å². The summed E-state index contributed by atoms with van der Waals surface area (Å²) in [5.74, 6) is 0.123. The summed E-state index contributed by atoms with van der Waals surface area (Å²) in [4.78, 5) is 0. The van der Waals surface area contributed by atoms with Crippen molar-refractivity contribution in [2.75, 3.05) is 13.2 Å². The molecule has 2 rings (SSSR count). The molecule has 0 saturated heterocycles. The van der Waals surface area contributed by atoms with Gasteiger partial charge >= 0.3 is 0 Å². The Kier molecular flexibility index (Phi) is 6.25. The fraction of sp³-hybridized carbons (Fsp3) is 0.294. The quantitative estimate of drug-likeness (QED) is 0.834. The second kappa shape index (κ2) is 8.20. The van der Waals surface area contributed by atoms with Crippen molar-refractivity contribution >= 4 is 15.9 Å². The van der Waals surface area contributed by atoms with Crippen molar-refractivity contribution in [3.05, 3.63) is 70.2 Å². The van der Waals surface area contributed by atoms with Crippen molar-refractivity contribution in [3.63, 3.8) is 0 Å². The van der Waals surface area contributed by atoms with E-state index in [2.05, 4.69) is 22.0 Å². The molecule has 0 aliphatic rings. The maximum Gasteiger partial charge on any atom is 0.0717 e. The minimum absolute atomic E-state index is 0.123. The molecular formula is C17H19BrO2. The first kappa shape index (κ1) is 15.2. The molecule has 1 unspecified atom stereocenters. The zero-order valence-electron chi connectivity index (χ0n) is 11.3. The van der Waals surface area contributed by atoms with Crippen LogP contribution in [0.4, 0.5) is 0 Å². The second-order valence-corrected chi connectivity index (χ2v) is 5.70. The smallest absolute Gasteiger partial charge is 0.0717 e. The molecule has 0 aliphatic heterocycles. The Bertz CT molecular complexity index is 513. The van der Waals surface area contributed by atoms with E-state index < -0.39 is 0 Å². The van der Waals surface area contributed by atoms with Crippen molar-refractivity contribution in [1.29, 1.82) is 0 Å². The van der Waals surface area contributed by atoms with Gasteiger partial charge in [0.1, 0.15) is 0 Å². The van der Waals surface area contributed by atoms with Crippen LogP contribution in [-0.2, 0) is 17.8 Å².